The van der Waals surface area contributed by atoms with Gasteiger partial charge in [-0.2, -0.15) is 0 Å². The highest BCUT2D eigenvalue weighted by Gasteiger charge is 2.39. The van der Waals surface area contributed by atoms with Crippen molar-refractivity contribution in [1.29, 1.82) is 0 Å². The number of hydrogen-bond donors (Lipinski definition) is 2. The third-order valence-electron chi connectivity index (χ3n) is 6.63. The first-order chi connectivity index (χ1) is 16.0. The third kappa shape index (κ3) is 3.88. The van der Waals surface area contributed by atoms with Crippen molar-refractivity contribution in [3.8, 4) is 5.75 Å². The molecule has 1 aliphatic heterocycles. The van der Waals surface area contributed by atoms with E-state index in [4.69, 9.17) is 23.2 Å². The normalized spacial score (nSPS) is 20.6. The lowest BCUT2D eigenvalue weighted by atomic mass is 9.76. The van der Waals surface area contributed by atoms with Gasteiger partial charge >= 0.3 is 0 Å². The molecule has 0 fully saturated rings. The molecule has 6 heteroatoms. The second kappa shape index (κ2) is 8.77. The van der Waals surface area contributed by atoms with Crippen molar-refractivity contribution in [2.75, 3.05) is 16.8 Å². The van der Waals surface area contributed by atoms with Gasteiger partial charge in [0.25, 0.3) is 5.91 Å². The van der Waals surface area contributed by atoms with Crippen LogP contribution >= 0.6 is 23.2 Å². The van der Waals surface area contributed by atoms with Crippen LogP contribution in [0.4, 0.5) is 11.4 Å². The number of amides is 1. The molecule has 0 saturated heterocycles. The second-order valence-electron chi connectivity index (χ2n) is 8.49. The van der Waals surface area contributed by atoms with Crippen molar-refractivity contribution in [2.24, 2.45) is 5.92 Å². The molecular weight excluding hydrogens is 455 g/mol. The molecule has 5 rings (SSSR count). The number of carbonyl (C=O) groups is 1. The number of allylic oxidation sites excluding steroid dienone is 2. The predicted octanol–water partition coefficient (Wildman–Crippen LogP) is 7.19. The summed E-state index contributed by atoms with van der Waals surface area (Å²) >= 11 is 12.5. The first-order valence-electron chi connectivity index (χ1n) is 11.1. The van der Waals surface area contributed by atoms with E-state index in [0.29, 0.717) is 22.7 Å². The van der Waals surface area contributed by atoms with Crippen LogP contribution in [0.25, 0.3) is 0 Å². The van der Waals surface area contributed by atoms with Crippen molar-refractivity contribution in [3.05, 3.63) is 99.6 Å². The fourth-order valence-corrected chi connectivity index (χ4v) is 5.57. The summed E-state index contributed by atoms with van der Waals surface area (Å²) in [4.78, 5) is 15.2. The van der Waals surface area contributed by atoms with Crippen LogP contribution in [0.1, 0.15) is 46.8 Å². The number of phenols is 1. The zero-order valence-corrected chi connectivity index (χ0v) is 19.6. The fourth-order valence-electron chi connectivity index (χ4n) is 5.07. The van der Waals surface area contributed by atoms with Crippen LogP contribution in [0.5, 0.6) is 5.75 Å². The highest BCUT2D eigenvalue weighted by Crippen LogP contribution is 2.52. The molecule has 3 unspecified atom stereocenters. The maximum Gasteiger partial charge on any atom is 0.258 e. The van der Waals surface area contributed by atoms with E-state index in [-0.39, 0.29) is 34.6 Å². The number of benzene rings is 3. The molecule has 0 radical (unpaired) electrons. The lowest BCUT2D eigenvalue weighted by Gasteiger charge is -2.38. The summed E-state index contributed by atoms with van der Waals surface area (Å²) in [6, 6.07) is 18.7. The van der Waals surface area contributed by atoms with Gasteiger partial charge in [-0.15, -0.1) is 0 Å². The van der Waals surface area contributed by atoms with E-state index in [2.05, 4.69) is 17.5 Å². The van der Waals surface area contributed by atoms with Gasteiger partial charge in [-0.25, -0.2) is 0 Å². The molecule has 0 saturated carbocycles. The van der Waals surface area contributed by atoms with Crippen molar-refractivity contribution >= 4 is 40.5 Å². The Balaban J connectivity index is 1.52. The Morgan fingerprint density at radius 1 is 1.09 bits per heavy atom. The molecule has 1 aliphatic carbocycles. The number of halogens is 2. The summed E-state index contributed by atoms with van der Waals surface area (Å²) in [5.41, 5.74) is 4.27. The van der Waals surface area contributed by atoms with Crippen molar-refractivity contribution in [1.82, 2.24) is 0 Å². The van der Waals surface area contributed by atoms with Gasteiger partial charge in [0.1, 0.15) is 5.75 Å². The van der Waals surface area contributed by atoms with Crippen LogP contribution in [-0.2, 0) is 0 Å². The summed E-state index contributed by atoms with van der Waals surface area (Å²) in [6.45, 7) is 2.56. The van der Waals surface area contributed by atoms with Crippen LogP contribution in [0, 0.1) is 5.92 Å². The number of hydrogen-bond acceptors (Lipinski definition) is 3. The Labute approximate surface area is 203 Å². The number of nitrogens with zero attached hydrogens (tertiary/aromatic N) is 1. The van der Waals surface area contributed by atoms with E-state index in [9.17, 15) is 9.90 Å². The minimum atomic E-state index is -0.147. The summed E-state index contributed by atoms with van der Waals surface area (Å²) in [5, 5.41) is 15.0. The van der Waals surface area contributed by atoms with Gasteiger partial charge in [0, 0.05) is 40.0 Å². The van der Waals surface area contributed by atoms with E-state index in [1.807, 2.05) is 55.5 Å². The van der Waals surface area contributed by atoms with Crippen molar-refractivity contribution in [3.63, 3.8) is 0 Å². The third-order valence-corrected chi connectivity index (χ3v) is 7.14. The molecule has 33 heavy (non-hydrogen) atoms. The van der Waals surface area contributed by atoms with Gasteiger partial charge in [0.15, 0.2) is 0 Å². The zero-order chi connectivity index (χ0) is 23.1. The molecule has 4 nitrogen and oxygen atoms in total. The van der Waals surface area contributed by atoms with Crippen molar-refractivity contribution in [2.45, 2.75) is 25.3 Å². The zero-order valence-electron chi connectivity index (χ0n) is 18.1. The van der Waals surface area contributed by atoms with E-state index in [1.165, 1.54) is 0 Å². The Kier molecular flexibility index (Phi) is 5.81. The van der Waals surface area contributed by atoms with Gasteiger partial charge in [-0.05, 0) is 67.3 Å². The van der Waals surface area contributed by atoms with Crippen LogP contribution in [0.15, 0.2) is 72.8 Å². The Bertz CT molecular complexity index is 1240. The maximum absolute atomic E-state index is 13.4. The average molecular weight is 479 g/mol. The summed E-state index contributed by atoms with van der Waals surface area (Å²) in [6.07, 6.45) is 5.22. The molecule has 1 amide bonds. The Morgan fingerprint density at radius 3 is 2.64 bits per heavy atom. The number of fused-ring (bicyclic) bond motifs is 3. The summed E-state index contributed by atoms with van der Waals surface area (Å²) < 4.78 is 0. The lowest BCUT2D eigenvalue weighted by Crippen LogP contribution is -2.32. The van der Waals surface area contributed by atoms with E-state index >= 15 is 0 Å². The largest absolute Gasteiger partial charge is 0.506 e. The van der Waals surface area contributed by atoms with Crippen LogP contribution in [-0.4, -0.2) is 17.6 Å². The summed E-state index contributed by atoms with van der Waals surface area (Å²) in [7, 11) is 0. The number of nitrogens with one attached hydrogen (secondary N) is 1. The standard InChI is InChI=1S/C27H24Cl2N2O2/c1-2-31(18-7-4-3-5-8-18)27(33)16-11-12-24-21(13-16)19-9-6-10-20(19)25(30-24)22-14-17(28)15-23(29)26(22)32/h3-9,11-15,19-20,25,30,32H,2,10H2,1H3. The first-order valence-corrected chi connectivity index (χ1v) is 11.9. The van der Waals surface area contributed by atoms with Gasteiger partial charge < -0.3 is 15.3 Å². The molecule has 168 valence electrons. The predicted molar refractivity (Wildman–Crippen MR) is 135 cm³/mol. The molecule has 3 atom stereocenters. The van der Waals surface area contributed by atoms with Gasteiger partial charge in [-0.3, -0.25) is 4.79 Å². The lowest BCUT2D eigenvalue weighted by molar-refractivity contribution is 0.0988. The number of phenolic OH excluding ortho intramolecular Hbond substituents is 1. The van der Waals surface area contributed by atoms with E-state index < -0.39 is 0 Å². The first kappa shape index (κ1) is 21.9. The SMILES string of the molecule is CCN(C(=O)c1ccc2c(c1)C1C=CCC1C(c1cc(Cl)cc(Cl)c1O)N2)c1ccccc1. The molecular formula is C27H24Cl2N2O2. The van der Waals surface area contributed by atoms with E-state index in [1.54, 1.807) is 17.0 Å². The highest BCUT2D eigenvalue weighted by atomic mass is 35.5. The molecule has 3 aromatic rings. The van der Waals surface area contributed by atoms with Crippen LogP contribution < -0.4 is 10.2 Å². The number of rotatable bonds is 4. The second-order valence-corrected chi connectivity index (χ2v) is 9.33. The molecule has 2 aliphatic rings. The topological polar surface area (TPSA) is 52.6 Å². The van der Waals surface area contributed by atoms with Crippen LogP contribution in [0.3, 0.4) is 0 Å². The number of carbonyl (C=O) groups excluding carboxylic acids is 1. The monoisotopic (exact) mass is 478 g/mol. The average Bonchev–Trinajstić information content (AvgIpc) is 3.32. The molecule has 2 N–H and O–H groups in total. The quantitative estimate of drug-likeness (QED) is 0.390. The van der Waals surface area contributed by atoms with Crippen molar-refractivity contribution < 1.29 is 9.90 Å². The molecule has 3 aromatic carbocycles. The highest BCUT2D eigenvalue weighted by molar-refractivity contribution is 6.35. The minimum absolute atomic E-state index is 0.0218. The van der Waals surface area contributed by atoms with Crippen LogP contribution in [0.2, 0.25) is 10.0 Å². The Morgan fingerprint density at radius 2 is 1.88 bits per heavy atom. The van der Waals surface area contributed by atoms with Gasteiger partial charge in [0.05, 0.1) is 11.1 Å². The molecule has 0 aromatic heterocycles. The molecule has 0 bridgehead atoms. The smallest absolute Gasteiger partial charge is 0.258 e. The van der Waals surface area contributed by atoms with Gasteiger partial charge in [-0.1, -0.05) is 53.6 Å². The number of para-hydroxylation sites is 1. The molecule has 1 heterocycles. The maximum atomic E-state index is 13.4. The molecule has 0 spiro atoms. The Hall–Kier alpha value is -2.95. The number of aromatic hydroxyl groups is 1. The summed E-state index contributed by atoms with van der Waals surface area (Å²) in [5.74, 6) is 0.343. The van der Waals surface area contributed by atoms with Gasteiger partial charge in [0.2, 0.25) is 0 Å². The number of anilines is 2. The van der Waals surface area contributed by atoms with E-state index in [0.717, 1.165) is 23.4 Å². The fraction of sp³-hybridized carbons (Fsp3) is 0.222. The minimum Gasteiger partial charge on any atom is -0.506 e.